The summed E-state index contributed by atoms with van der Waals surface area (Å²) < 4.78 is 31.4. The number of halogens is 2. The van der Waals surface area contributed by atoms with Gasteiger partial charge in [0.15, 0.2) is 11.6 Å². The van der Waals surface area contributed by atoms with Gasteiger partial charge in [0.1, 0.15) is 0 Å². The SMILES string of the molecule is COCC(O)CNc1ccc(C(=O)O)c(F)c1F. The summed E-state index contributed by atoms with van der Waals surface area (Å²) >= 11 is 0. The van der Waals surface area contributed by atoms with E-state index in [1.54, 1.807) is 0 Å². The van der Waals surface area contributed by atoms with Crippen molar-refractivity contribution in [1.29, 1.82) is 0 Å². The molecular formula is C11H13F2NO4. The van der Waals surface area contributed by atoms with Crippen LogP contribution in [0.1, 0.15) is 10.4 Å². The van der Waals surface area contributed by atoms with Crippen molar-refractivity contribution in [3.8, 4) is 0 Å². The summed E-state index contributed by atoms with van der Waals surface area (Å²) in [6.07, 6.45) is -0.878. The van der Waals surface area contributed by atoms with Gasteiger partial charge in [-0.2, -0.15) is 0 Å². The molecule has 0 spiro atoms. The lowest BCUT2D eigenvalue weighted by Gasteiger charge is -2.13. The highest BCUT2D eigenvalue weighted by Gasteiger charge is 2.18. The van der Waals surface area contributed by atoms with Gasteiger partial charge < -0.3 is 20.3 Å². The van der Waals surface area contributed by atoms with E-state index < -0.39 is 29.3 Å². The molecule has 1 rings (SSSR count). The molecule has 1 aromatic rings. The normalized spacial score (nSPS) is 12.2. The summed E-state index contributed by atoms with van der Waals surface area (Å²) in [5, 5.41) is 20.4. The molecule has 7 heteroatoms. The Morgan fingerprint density at radius 1 is 1.44 bits per heavy atom. The summed E-state index contributed by atoms with van der Waals surface area (Å²) in [5.41, 5.74) is -0.955. The largest absolute Gasteiger partial charge is 0.478 e. The number of anilines is 1. The monoisotopic (exact) mass is 261 g/mol. The Kier molecular flexibility index (Phi) is 4.99. The first-order valence-corrected chi connectivity index (χ1v) is 5.09. The number of benzene rings is 1. The van der Waals surface area contributed by atoms with Crippen LogP contribution in [0, 0.1) is 11.6 Å². The molecule has 0 radical (unpaired) electrons. The Morgan fingerprint density at radius 3 is 2.67 bits per heavy atom. The second-order valence-corrected chi connectivity index (χ2v) is 3.58. The van der Waals surface area contributed by atoms with E-state index in [-0.39, 0.29) is 18.8 Å². The molecule has 1 atom stereocenters. The van der Waals surface area contributed by atoms with Gasteiger partial charge in [0, 0.05) is 13.7 Å². The van der Waals surface area contributed by atoms with Crippen molar-refractivity contribution in [2.75, 3.05) is 25.6 Å². The summed E-state index contributed by atoms with van der Waals surface area (Å²) in [7, 11) is 1.39. The Hall–Kier alpha value is -1.73. The molecule has 3 N–H and O–H groups in total. The minimum Gasteiger partial charge on any atom is -0.478 e. The molecular weight excluding hydrogens is 248 g/mol. The van der Waals surface area contributed by atoms with Gasteiger partial charge in [-0.1, -0.05) is 0 Å². The van der Waals surface area contributed by atoms with Gasteiger partial charge in [0.2, 0.25) is 0 Å². The first-order valence-electron chi connectivity index (χ1n) is 5.09. The fourth-order valence-electron chi connectivity index (χ4n) is 1.33. The highest BCUT2D eigenvalue weighted by molar-refractivity contribution is 5.88. The smallest absolute Gasteiger partial charge is 0.338 e. The van der Waals surface area contributed by atoms with E-state index in [4.69, 9.17) is 5.11 Å². The molecule has 0 bridgehead atoms. The zero-order valence-electron chi connectivity index (χ0n) is 9.61. The number of aromatic carboxylic acids is 1. The second-order valence-electron chi connectivity index (χ2n) is 3.58. The van der Waals surface area contributed by atoms with E-state index >= 15 is 0 Å². The third kappa shape index (κ3) is 3.38. The van der Waals surface area contributed by atoms with E-state index in [1.807, 2.05) is 0 Å². The van der Waals surface area contributed by atoms with Crippen molar-refractivity contribution in [3.63, 3.8) is 0 Å². The van der Waals surface area contributed by atoms with Crippen molar-refractivity contribution >= 4 is 11.7 Å². The topological polar surface area (TPSA) is 78.8 Å². The van der Waals surface area contributed by atoms with Gasteiger partial charge in [-0.15, -0.1) is 0 Å². The molecule has 0 aliphatic carbocycles. The average Bonchev–Trinajstić information content (AvgIpc) is 2.31. The van der Waals surface area contributed by atoms with Crippen molar-refractivity contribution in [2.24, 2.45) is 0 Å². The number of ether oxygens (including phenoxy) is 1. The molecule has 0 saturated carbocycles. The lowest BCUT2D eigenvalue weighted by molar-refractivity contribution is 0.0690. The quantitative estimate of drug-likeness (QED) is 0.714. The fourth-order valence-corrected chi connectivity index (χ4v) is 1.33. The molecule has 0 aromatic heterocycles. The van der Waals surface area contributed by atoms with Gasteiger partial charge in [-0.05, 0) is 12.1 Å². The van der Waals surface area contributed by atoms with E-state index in [9.17, 15) is 18.7 Å². The Morgan fingerprint density at radius 2 is 2.11 bits per heavy atom. The number of aliphatic hydroxyl groups excluding tert-OH is 1. The van der Waals surface area contributed by atoms with Crippen LogP contribution < -0.4 is 5.32 Å². The van der Waals surface area contributed by atoms with Crippen LogP contribution in [-0.2, 0) is 4.74 Å². The number of carboxylic acids is 1. The van der Waals surface area contributed by atoms with Gasteiger partial charge in [-0.25, -0.2) is 13.6 Å². The van der Waals surface area contributed by atoms with Gasteiger partial charge >= 0.3 is 5.97 Å². The Bertz CT molecular complexity index is 439. The van der Waals surface area contributed by atoms with E-state index in [2.05, 4.69) is 10.1 Å². The highest BCUT2D eigenvalue weighted by Crippen LogP contribution is 2.20. The molecule has 5 nitrogen and oxygen atoms in total. The maximum Gasteiger partial charge on any atom is 0.338 e. The third-order valence-corrected chi connectivity index (χ3v) is 2.20. The number of methoxy groups -OCH3 is 1. The lowest BCUT2D eigenvalue weighted by Crippen LogP contribution is -2.24. The van der Waals surface area contributed by atoms with Crippen LogP contribution in [0.15, 0.2) is 12.1 Å². The summed E-state index contributed by atoms with van der Waals surface area (Å²) in [6, 6.07) is 2.05. The highest BCUT2D eigenvalue weighted by atomic mass is 19.2. The van der Waals surface area contributed by atoms with Crippen molar-refractivity contribution in [3.05, 3.63) is 29.3 Å². The first kappa shape index (κ1) is 14.3. The second kappa shape index (κ2) is 6.27. The molecule has 0 aliphatic heterocycles. The predicted octanol–water partition coefficient (Wildman–Crippen LogP) is 1.08. The van der Waals surface area contributed by atoms with E-state index in [0.717, 1.165) is 12.1 Å². The van der Waals surface area contributed by atoms with Crippen molar-refractivity contribution in [1.82, 2.24) is 0 Å². The van der Waals surface area contributed by atoms with Gasteiger partial charge in [-0.3, -0.25) is 0 Å². The zero-order valence-corrected chi connectivity index (χ0v) is 9.61. The molecule has 18 heavy (non-hydrogen) atoms. The Labute approximate surface area is 102 Å². The van der Waals surface area contributed by atoms with Crippen LogP contribution in [0.25, 0.3) is 0 Å². The lowest BCUT2D eigenvalue weighted by atomic mass is 10.1. The van der Waals surface area contributed by atoms with Crippen LogP contribution in [0.5, 0.6) is 0 Å². The molecule has 1 aromatic carbocycles. The minimum absolute atomic E-state index is 0.0450. The molecule has 0 aliphatic rings. The van der Waals surface area contributed by atoms with Crippen LogP contribution in [-0.4, -0.2) is 42.5 Å². The third-order valence-electron chi connectivity index (χ3n) is 2.20. The van der Waals surface area contributed by atoms with Crippen LogP contribution in [0.2, 0.25) is 0 Å². The number of hydrogen-bond donors (Lipinski definition) is 3. The summed E-state index contributed by atoms with van der Waals surface area (Å²) in [4.78, 5) is 10.6. The summed E-state index contributed by atoms with van der Waals surface area (Å²) in [6.45, 7) is 0.000921. The number of rotatable bonds is 6. The standard InChI is InChI=1S/C11H13F2NO4/c1-18-5-6(15)4-14-8-3-2-7(11(16)17)9(12)10(8)13/h2-3,6,14-15H,4-5H2,1H3,(H,16,17). The van der Waals surface area contributed by atoms with E-state index in [1.165, 1.54) is 7.11 Å². The molecule has 1 unspecified atom stereocenters. The van der Waals surface area contributed by atoms with Crippen LogP contribution in [0.4, 0.5) is 14.5 Å². The number of aliphatic hydroxyl groups is 1. The van der Waals surface area contributed by atoms with Crippen molar-refractivity contribution in [2.45, 2.75) is 6.10 Å². The fraction of sp³-hybridized carbons (Fsp3) is 0.364. The van der Waals surface area contributed by atoms with Gasteiger partial charge in [0.25, 0.3) is 0 Å². The van der Waals surface area contributed by atoms with Crippen LogP contribution >= 0.6 is 0 Å². The predicted molar refractivity (Wildman–Crippen MR) is 59.7 cm³/mol. The Balaban J connectivity index is 2.79. The molecule has 0 saturated heterocycles. The minimum atomic E-state index is -1.54. The maximum absolute atomic E-state index is 13.4. The zero-order chi connectivity index (χ0) is 13.7. The number of carbonyl (C=O) groups is 1. The number of hydrogen-bond acceptors (Lipinski definition) is 4. The molecule has 0 heterocycles. The number of carboxylic acid groups (broad SMARTS) is 1. The van der Waals surface area contributed by atoms with E-state index in [0.29, 0.717) is 0 Å². The number of nitrogens with one attached hydrogen (secondary N) is 1. The van der Waals surface area contributed by atoms with Crippen molar-refractivity contribution < 1.29 is 28.5 Å². The summed E-state index contributed by atoms with van der Waals surface area (Å²) in [5.74, 6) is -4.27. The molecule has 100 valence electrons. The first-order chi connectivity index (χ1) is 8.47. The molecule has 0 fully saturated rings. The average molecular weight is 261 g/mol. The molecule has 0 amide bonds. The van der Waals surface area contributed by atoms with Crippen LogP contribution in [0.3, 0.4) is 0 Å². The maximum atomic E-state index is 13.4. The van der Waals surface area contributed by atoms with Gasteiger partial charge in [0.05, 0.1) is 24.0 Å².